The Labute approximate surface area is 111 Å². The monoisotopic (exact) mass is 251 g/mol. The van der Waals surface area contributed by atoms with Gasteiger partial charge >= 0.3 is 0 Å². The van der Waals surface area contributed by atoms with Crippen molar-refractivity contribution in [2.75, 3.05) is 6.54 Å². The first kappa shape index (κ1) is 15.2. The van der Waals surface area contributed by atoms with Gasteiger partial charge in [0.15, 0.2) is 0 Å². The minimum absolute atomic E-state index is 0.141. The Morgan fingerprint density at radius 3 is 2.56 bits per heavy atom. The number of nitrogens with one attached hydrogen (secondary N) is 1. The Balaban J connectivity index is 2.75. The van der Waals surface area contributed by atoms with Gasteiger partial charge in [0.1, 0.15) is 5.82 Å². The second-order valence-electron chi connectivity index (χ2n) is 5.22. The van der Waals surface area contributed by atoms with Crippen LogP contribution in [0, 0.1) is 18.7 Å². The number of hydrogen-bond acceptors (Lipinski definition) is 1. The molecule has 18 heavy (non-hydrogen) atoms. The summed E-state index contributed by atoms with van der Waals surface area (Å²) >= 11 is 0. The molecule has 0 aliphatic heterocycles. The third kappa shape index (κ3) is 4.41. The van der Waals surface area contributed by atoms with Gasteiger partial charge in [-0.05, 0) is 55.5 Å². The predicted octanol–water partition coefficient (Wildman–Crippen LogP) is 4.09. The normalized spacial score (nSPS) is 14.5. The molecule has 1 rings (SSSR count). The first-order valence-corrected chi connectivity index (χ1v) is 7.06. The zero-order chi connectivity index (χ0) is 13.5. The molecule has 2 unspecified atom stereocenters. The topological polar surface area (TPSA) is 12.0 Å². The molecule has 2 atom stereocenters. The van der Waals surface area contributed by atoms with Gasteiger partial charge in [0.05, 0.1) is 0 Å². The lowest BCUT2D eigenvalue weighted by atomic mass is 9.91. The summed E-state index contributed by atoms with van der Waals surface area (Å²) in [6.07, 6.45) is 3.30. The lowest BCUT2D eigenvalue weighted by molar-refractivity contribution is 0.364. The van der Waals surface area contributed by atoms with Crippen LogP contribution in [-0.4, -0.2) is 12.6 Å². The number of aryl methyl sites for hydroxylation is 1. The van der Waals surface area contributed by atoms with E-state index in [1.165, 1.54) is 12.0 Å². The molecule has 2 heteroatoms. The maximum atomic E-state index is 13.1. The summed E-state index contributed by atoms with van der Waals surface area (Å²) in [5.74, 6) is 0.499. The lowest BCUT2D eigenvalue weighted by Gasteiger charge is -2.25. The minimum atomic E-state index is -0.141. The van der Waals surface area contributed by atoms with Crippen LogP contribution in [0.25, 0.3) is 0 Å². The van der Waals surface area contributed by atoms with Gasteiger partial charge in [-0.1, -0.05) is 33.3 Å². The Morgan fingerprint density at radius 2 is 2.00 bits per heavy atom. The van der Waals surface area contributed by atoms with E-state index in [9.17, 15) is 4.39 Å². The van der Waals surface area contributed by atoms with Crippen molar-refractivity contribution in [2.45, 2.75) is 53.0 Å². The molecule has 0 fully saturated rings. The second-order valence-corrected chi connectivity index (χ2v) is 5.22. The summed E-state index contributed by atoms with van der Waals surface area (Å²) in [7, 11) is 0. The van der Waals surface area contributed by atoms with Gasteiger partial charge in [-0.2, -0.15) is 0 Å². The van der Waals surface area contributed by atoms with Crippen molar-refractivity contribution in [2.24, 2.45) is 5.92 Å². The van der Waals surface area contributed by atoms with E-state index in [0.29, 0.717) is 12.0 Å². The number of rotatable bonds is 7. The van der Waals surface area contributed by atoms with Crippen molar-refractivity contribution in [1.29, 1.82) is 0 Å². The van der Waals surface area contributed by atoms with E-state index in [0.717, 1.165) is 24.9 Å². The van der Waals surface area contributed by atoms with Crippen LogP contribution in [0.15, 0.2) is 18.2 Å². The molecule has 1 N–H and O–H groups in total. The maximum absolute atomic E-state index is 13.1. The van der Waals surface area contributed by atoms with Crippen molar-refractivity contribution < 1.29 is 4.39 Å². The third-order valence-electron chi connectivity index (χ3n) is 3.73. The molecule has 102 valence electrons. The van der Waals surface area contributed by atoms with E-state index in [4.69, 9.17) is 0 Å². The van der Waals surface area contributed by atoms with Crippen LogP contribution in [0.3, 0.4) is 0 Å². The van der Waals surface area contributed by atoms with Crippen LogP contribution < -0.4 is 5.32 Å². The van der Waals surface area contributed by atoms with Crippen LogP contribution >= 0.6 is 0 Å². The molecule has 0 spiro atoms. The largest absolute Gasteiger partial charge is 0.313 e. The molecule has 0 aliphatic carbocycles. The molecular formula is C16H26FN. The molecular weight excluding hydrogens is 225 g/mol. The quantitative estimate of drug-likeness (QED) is 0.769. The highest BCUT2D eigenvalue weighted by Crippen LogP contribution is 2.17. The fourth-order valence-electron chi connectivity index (χ4n) is 2.21. The average Bonchev–Trinajstić information content (AvgIpc) is 2.36. The molecule has 1 aromatic rings. The van der Waals surface area contributed by atoms with E-state index >= 15 is 0 Å². The molecule has 0 bridgehead atoms. The van der Waals surface area contributed by atoms with Gasteiger partial charge in [-0.15, -0.1) is 0 Å². The van der Waals surface area contributed by atoms with Crippen molar-refractivity contribution in [1.82, 2.24) is 5.32 Å². The van der Waals surface area contributed by atoms with Crippen LogP contribution in [0.4, 0.5) is 4.39 Å². The maximum Gasteiger partial charge on any atom is 0.123 e. The van der Waals surface area contributed by atoms with E-state index in [1.54, 1.807) is 12.1 Å². The summed E-state index contributed by atoms with van der Waals surface area (Å²) in [6.45, 7) is 9.74. The van der Waals surface area contributed by atoms with Crippen LogP contribution in [0.1, 0.15) is 44.7 Å². The predicted molar refractivity (Wildman–Crippen MR) is 76.4 cm³/mol. The molecule has 1 aromatic carbocycles. The molecule has 0 aliphatic rings. The van der Waals surface area contributed by atoms with Crippen molar-refractivity contribution in [3.63, 3.8) is 0 Å². The summed E-state index contributed by atoms with van der Waals surface area (Å²) in [6, 6.07) is 5.60. The molecule has 0 amide bonds. The highest BCUT2D eigenvalue weighted by molar-refractivity contribution is 5.27. The van der Waals surface area contributed by atoms with Crippen molar-refractivity contribution in [3.8, 4) is 0 Å². The first-order valence-electron chi connectivity index (χ1n) is 7.06. The summed E-state index contributed by atoms with van der Waals surface area (Å²) in [4.78, 5) is 0. The van der Waals surface area contributed by atoms with Crippen LogP contribution in [-0.2, 0) is 6.42 Å². The fourth-order valence-corrected chi connectivity index (χ4v) is 2.21. The highest BCUT2D eigenvalue weighted by Gasteiger charge is 2.16. The van der Waals surface area contributed by atoms with Gasteiger partial charge in [-0.25, -0.2) is 4.39 Å². The number of benzene rings is 1. The lowest BCUT2D eigenvalue weighted by Crippen LogP contribution is -2.37. The van der Waals surface area contributed by atoms with Crippen molar-refractivity contribution >= 4 is 0 Å². The third-order valence-corrected chi connectivity index (χ3v) is 3.73. The number of halogens is 1. The minimum Gasteiger partial charge on any atom is -0.313 e. The van der Waals surface area contributed by atoms with Crippen molar-refractivity contribution in [3.05, 3.63) is 35.1 Å². The van der Waals surface area contributed by atoms with E-state index in [1.807, 2.05) is 13.0 Å². The molecule has 1 nitrogen and oxygen atoms in total. The van der Waals surface area contributed by atoms with E-state index < -0.39 is 0 Å². The van der Waals surface area contributed by atoms with E-state index in [2.05, 4.69) is 26.1 Å². The first-order chi connectivity index (χ1) is 8.58. The zero-order valence-electron chi connectivity index (χ0n) is 12.1. The molecule has 0 saturated carbocycles. The average molecular weight is 251 g/mol. The van der Waals surface area contributed by atoms with Crippen LogP contribution in [0.2, 0.25) is 0 Å². The Kier molecular flexibility index (Phi) is 6.34. The molecule has 0 heterocycles. The number of hydrogen-bond donors (Lipinski definition) is 1. The Morgan fingerprint density at radius 1 is 1.28 bits per heavy atom. The summed E-state index contributed by atoms with van der Waals surface area (Å²) in [5.41, 5.74) is 2.31. The highest BCUT2D eigenvalue weighted by atomic mass is 19.1. The molecule has 0 radical (unpaired) electrons. The summed E-state index contributed by atoms with van der Waals surface area (Å²) < 4.78 is 13.1. The Bertz CT molecular complexity index is 362. The Hall–Kier alpha value is -0.890. The van der Waals surface area contributed by atoms with Gasteiger partial charge in [0.25, 0.3) is 0 Å². The van der Waals surface area contributed by atoms with Crippen LogP contribution in [0.5, 0.6) is 0 Å². The van der Waals surface area contributed by atoms with Gasteiger partial charge < -0.3 is 5.32 Å². The van der Waals surface area contributed by atoms with Gasteiger partial charge in [0, 0.05) is 6.04 Å². The SMILES string of the molecule is CCCNC(Cc1ccc(F)cc1C)C(C)CC. The fraction of sp³-hybridized carbons (Fsp3) is 0.625. The summed E-state index contributed by atoms with van der Waals surface area (Å²) in [5, 5.41) is 3.62. The van der Waals surface area contributed by atoms with Gasteiger partial charge in [0.2, 0.25) is 0 Å². The molecule has 0 saturated heterocycles. The second kappa shape index (κ2) is 7.52. The molecule has 0 aromatic heterocycles. The zero-order valence-corrected chi connectivity index (χ0v) is 12.1. The standard InChI is InChI=1S/C16H26FN/c1-5-9-18-16(12(3)6-2)11-14-7-8-15(17)10-13(14)4/h7-8,10,12,16,18H,5-6,9,11H2,1-4H3. The smallest absolute Gasteiger partial charge is 0.123 e. The van der Waals surface area contributed by atoms with E-state index in [-0.39, 0.29) is 5.82 Å². The van der Waals surface area contributed by atoms with Gasteiger partial charge in [-0.3, -0.25) is 0 Å².